The number of fused-ring (bicyclic) bond motifs is 1. The van der Waals surface area contributed by atoms with Crippen molar-refractivity contribution in [1.82, 2.24) is 25.1 Å². The van der Waals surface area contributed by atoms with Gasteiger partial charge in [-0.2, -0.15) is 10.4 Å². The van der Waals surface area contributed by atoms with Gasteiger partial charge in [-0.1, -0.05) is 0 Å². The molecule has 1 saturated heterocycles. The van der Waals surface area contributed by atoms with Crippen molar-refractivity contribution in [3.05, 3.63) is 47.2 Å². The number of hydrogen-bond acceptors (Lipinski definition) is 7. The van der Waals surface area contributed by atoms with E-state index in [4.69, 9.17) is 5.26 Å². The van der Waals surface area contributed by atoms with Gasteiger partial charge in [0, 0.05) is 18.1 Å². The molecule has 1 aliphatic carbocycles. The Morgan fingerprint density at radius 1 is 1.23 bits per heavy atom. The summed E-state index contributed by atoms with van der Waals surface area (Å²) in [6.45, 7) is -0.433. The quantitative estimate of drug-likeness (QED) is 0.379. The van der Waals surface area contributed by atoms with E-state index in [0.29, 0.717) is 12.5 Å². The van der Waals surface area contributed by atoms with Crippen molar-refractivity contribution in [2.45, 2.75) is 43.6 Å². The molecule has 182 valence electrons. The second-order valence-corrected chi connectivity index (χ2v) is 8.73. The summed E-state index contributed by atoms with van der Waals surface area (Å²) in [6, 6.07) is 1.45. The molecule has 1 aliphatic heterocycles. The van der Waals surface area contributed by atoms with Crippen molar-refractivity contribution < 1.29 is 27.5 Å². The smallest absolute Gasteiger partial charge is 0.275 e. The van der Waals surface area contributed by atoms with E-state index in [0.717, 1.165) is 11.0 Å². The van der Waals surface area contributed by atoms with E-state index in [9.17, 15) is 27.5 Å². The fourth-order valence-corrected chi connectivity index (χ4v) is 4.83. The topological polar surface area (TPSA) is 131 Å². The summed E-state index contributed by atoms with van der Waals surface area (Å²) in [4.78, 5) is 22.6. The summed E-state index contributed by atoms with van der Waals surface area (Å²) < 4.78 is 56.5. The molecule has 3 aromatic rings. The Balaban J connectivity index is 1.51. The van der Waals surface area contributed by atoms with E-state index in [1.807, 2.05) is 0 Å². The monoisotopic (exact) mass is 489 g/mol. The van der Waals surface area contributed by atoms with Crippen molar-refractivity contribution in [3.8, 4) is 6.07 Å². The molecule has 2 fully saturated rings. The normalized spacial score (nSPS) is 26.3. The molecule has 0 radical (unpaired) electrons. The van der Waals surface area contributed by atoms with Crippen molar-refractivity contribution in [2.75, 3.05) is 11.9 Å². The zero-order valence-corrected chi connectivity index (χ0v) is 18.1. The molecule has 35 heavy (non-hydrogen) atoms. The van der Waals surface area contributed by atoms with Crippen LogP contribution >= 0.6 is 0 Å². The molecule has 2 aromatic heterocycles. The summed E-state index contributed by atoms with van der Waals surface area (Å²) in [5.74, 6) is -4.85. The molecule has 0 spiro atoms. The van der Waals surface area contributed by atoms with E-state index in [1.165, 1.54) is 6.33 Å². The Morgan fingerprint density at radius 2 is 2.03 bits per heavy atom. The second-order valence-electron chi connectivity index (χ2n) is 8.73. The molecule has 1 aromatic carbocycles. The van der Waals surface area contributed by atoms with Crippen LogP contribution in [0.3, 0.4) is 0 Å². The van der Waals surface area contributed by atoms with Gasteiger partial charge in [-0.3, -0.25) is 9.89 Å². The highest BCUT2D eigenvalue weighted by molar-refractivity contribution is 6.07. The highest BCUT2D eigenvalue weighted by atomic mass is 19.2. The van der Waals surface area contributed by atoms with Gasteiger partial charge in [0.05, 0.1) is 42.1 Å². The number of nitriles is 1. The fourth-order valence-electron chi connectivity index (χ4n) is 4.83. The van der Waals surface area contributed by atoms with E-state index < -0.39 is 59.8 Å². The maximum atomic E-state index is 14.5. The molecule has 2 aliphatic rings. The SMILES string of the molecule is N#C[C@H]1C[C@@H](O)[C@H](Nc2ncnc3[nH]nc(C(=O)N4C[C@@H](F)C[C@@H]4c4cc(F)cc(F)c4F)c23)C1. The fraction of sp³-hybridized carbons (Fsp3) is 0.409. The predicted molar refractivity (Wildman–Crippen MR) is 113 cm³/mol. The zero-order valence-electron chi connectivity index (χ0n) is 18.1. The molecule has 9 nitrogen and oxygen atoms in total. The first kappa shape index (κ1) is 23.0. The number of aromatic amines is 1. The highest BCUT2D eigenvalue weighted by Gasteiger charge is 2.41. The zero-order chi connectivity index (χ0) is 24.9. The van der Waals surface area contributed by atoms with Crippen LogP contribution in [0.5, 0.6) is 0 Å². The maximum absolute atomic E-state index is 14.5. The summed E-state index contributed by atoms with van der Waals surface area (Å²) >= 11 is 0. The molecular formula is C22H19F4N7O2. The Labute approximate surface area is 195 Å². The third kappa shape index (κ3) is 4.03. The average Bonchev–Trinajstić information content (AvgIpc) is 3.53. The average molecular weight is 489 g/mol. The third-order valence-corrected chi connectivity index (χ3v) is 6.48. The standard InChI is InChI=1S/C22H19F4N7O2/c23-10-3-12(18(26)13(25)4-10)15-5-11(24)7-33(15)22(35)19-17-20(28-8-29-21(17)32-31-19)30-14-1-9(6-27)2-16(14)34/h3-4,8-9,11,14-16,34H,1-2,5,7H2,(H2,28,29,30,31,32)/t9-,11+,14-,15-,16-/m1/s1. The Hall–Kier alpha value is -3.79. The molecule has 3 heterocycles. The molecule has 3 N–H and O–H groups in total. The van der Waals surface area contributed by atoms with Crippen LogP contribution in [-0.4, -0.2) is 60.9 Å². The van der Waals surface area contributed by atoms with Crippen LogP contribution in [0.1, 0.15) is 41.4 Å². The van der Waals surface area contributed by atoms with Crippen LogP contribution in [-0.2, 0) is 0 Å². The number of anilines is 1. The summed E-state index contributed by atoms with van der Waals surface area (Å²) in [7, 11) is 0. The molecule has 0 bridgehead atoms. The lowest BCUT2D eigenvalue weighted by Gasteiger charge is -2.25. The largest absolute Gasteiger partial charge is 0.391 e. The van der Waals surface area contributed by atoms with Crippen LogP contribution in [0.25, 0.3) is 11.0 Å². The summed E-state index contributed by atoms with van der Waals surface area (Å²) in [6.07, 6.45) is -0.877. The van der Waals surface area contributed by atoms with Gasteiger partial charge in [0.1, 0.15) is 24.1 Å². The molecule has 1 amide bonds. The van der Waals surface area contributed by atoms with Crippen LogP contribution < -0.4 is 5.32 Å². The second kappa shape index (κ2) is 8.77. The number of carbonyl (C=O) groups excluding carboxylic acids is 1. The number of H-pyrrole nitrogens is 1. The van der Waals surface area contributed by atoms with Crippen LogP contribution in [0.4, 0.5) is 23.4 Å². The number of aliphatic hydroxyl groups excluding tert-OH is 1. The van der Waals surface area contributed by atoms with Crippen LogP contribution in [0.15, 0.2) is 18.5 Å². The summed E-state index contributed by atoms with van der Waals surface area (Å²) in [5, 5.41) is 29.2. The number of alkyl halides is 1. The lowest BCUT2D eigenvalue weighted by molar-refractivity contribution is 0.0721. The minimum Gasteiger partial charge on any atom is -0.391 e. The first-order valence-electron chi connectivity index (χ1n) is 10.9. The predicted octanol–water partition coefficient (Wildman–Crippen LogP) is 2.77. The van der Waals surface area contributed by atoms with E-state index in [2.05, 4.69) is 31.6 Å². The number of aromatic nitrogens is 4. The number of amides is 1. The number of aliphatic hydroxyl groups is 1. The van der Waals surface area contributed by atoms with Gasteiger partial charge < -0.3 is 15.3 Å². The van der Waals surface area contributed by atoms with Gasteiger partial charge in [0.2, 0.25) is 0 Å². The molecule has 1 saturated carbocycles. The lowest BCUT2D eigenvalue weighted by Crippen LogP contribution is -2.33. The minimum atomic E-state index is -1.55. The van der Waals surface area contributed by atoms with Crippen molar-refractivity contribution >= 4 is 22.8 Å². The number of nitrogens with zero attached hydrogens (tertiary/aromatic N) is 5. The van der Waals surface area contributed by atoms with Gasteiger partial charge in [0.15, 0.2) is 23.0 Å². The molecular weight excluding hydrogens is 470 g/mol. The number of hydrogen-bond donors (Lipinski definition) is 3. The Bertz CT molecular complexity index is 1340. The number of halogens is 4. The third-order valence-electron chi connectivity index (χ3n) is 6.48. The van der Waals surface area contributed by atoms with Gasteiger partial charge in [-0.05, 0) is 18.9 Å². The van der Waals surface area contributed by atoms with Crippen LogP contribution in [0.2, 0.25) is 0 Å². The van der Waals surface area contributed by atoms with Crippen molar-refractivity contribution in [1.29, 1.82) is 5.26 Å². The number of likely N-dealkylation sites (tertiary alicyclic amines) is 1. The Morgan fingerprint density at radius 3 is 2.77 bits per heavy atom. The van der Waals surface area contributed by atoms with Gasteiger partial charge in [0.25, 0.3) is 5.91 Å². The van der Waals surface area contributed by atoms with Gasteiger partial charge >= 0.3 is 0 Å². The minimum absolute atomic E-state index is 0.150. The van der Waals surface area contributed by atoms with Crippen molar-refractivity contribution in [3.63, 3.8) is 0 Å². The molecule has 5 rings (SSSR count). The summed E-state index contributed by atoms with van der Waals surface area (Å²) in [5.41, 5.74) is -0.503. The first-order valence-corrected chi connectivity index (χ1v) is 10.9. The van der Waals surface area contributed by atoms with E-state index in [1.54, 1.807) is 0 Å². The van der Waals surface area contributed by atoms with Crippen molar-refractivity contribution in [2.24, 2.45) is 5.92 Å². The number of carbonyl (C=O) groups is 1. The van der Waals surface area contributed by atoms with Gasteiger partial charge in [-0.15, -0.1) is 0 Å². The van der Waals surface area contributed by atoms with Gasteiger partial charge in [-0.25, -0.2) is 27.5 Å². The number of nitrogens with one attached hydrogen (secondary N) is 2. The molecule has 0 unspecified atom stereocenters. The lowest BCUT2D eigenvalue weighted by atomic mass is 10.0. The van der Waals surface area contributed by atoms with E-state index in [-0.39, 0.29) is 41.3 Å². The highest BCUT2D eigenvalue weighted by Crippen LogP contribution is 2.38. The molecule has 5 atom stereocenters. The van der Waals surface area contributed by atoms with E-state index >= 15 is 0 Å². The van der Waals surface area contributed by atoms with Crippen LogP contribution in [0, 0.1) is 34.7 Å². The number of rotatable bonds is 4. The maximum Gasteiger partial charge on any atom is 0.275 e. The Kier molecular flexibility index (Phi) is 5.76. The molecule has 13 heteroatoms. The first-order chi connectivity index (χ1) is 16.8. The number of benzene rings is 1.